The van der Waals surface area contributed by atoms with Crippen LogP contribution in [0.3, 0.4) is 0 Å². The average molecular weight is 329 g/mol. The molecular formula is C6H5ClHgO. The van der Waals surface area contributed by atoms with E-state index in [2.05, 4.69) is 14.3 Å². The van der Waals surface area contributed by atoms with Gasteiger partial charge in [0.05, 0.1) is 0 Å². The van der Waals surface area contributed by atoms with E-state index >= 15 is 0 Å². The van der Waals surface area contributed by atoms with Crippen LogP contribution in [0, 0.1) is 0 Å². The van der Waals surface area contributed by atoms with Crippen molar-refractivity contribution in [2.75, 3.05) is 0 Å². The standard InChI is InChI=1S/C6H5.ClO.Hg/c1-2-4-6-5-3-1;1-2;/h1-5H;;/q;-1;+1. The second kappa shape index (κ2) is 4.26. The van der Waals surface area contributed by atoms with Crippen molar-refractivity contribution in [3.63, 3.8) is 0 Å². The van der Waals surface area contributed by atoms with Crippen LogP contribution in [0.25, 0.3) is 0 Å². The summed E-state index contributed by atoms with van der Waals surface area (Å²) in [5.41, 5.74) is 0. The molecule has 0 N–H and O–H groups in total. The Kier molecular flexibility index (Phi) is 3.55. The second-order valence-electron chi connectivity index (χ2n) is 1.74. The normalized spacial score (nSPS) is 8.56. The van der Waals surface area contributed by atoms with E-state index in [1.54, 1.807) is 0 Å². The molecule has 0 saturated heterocycles. The summed E-state index contributed by atoms with van der Waals surface area (Å²) in [5.74, 6) is 0. The van der Waals surface area contributed by atoms with Crippen LogP contribution in [-0.2, 0) is 27.2 Å². The zero-order valence-electron chi connectivity index (χ0n) is 4.88. The SMILES string of the molecule is Cl[O][Hg][c]1ccccc1. The van der Waals surface area contributed by atoms with Gasteiger partial charge in [-0.05, 0) is 0 Å². The molecule has 0 atom stereocenters. The van der Waals surface area contributed by atoms with Gasteiger partial charge in [0.25, 0.3) is 0 Å². The molecule has 0 radical (unpaired) electrons. The minimum atomic E-state index is -1.30. The van der Waals surface area contributed by atoms with Crippen molar-refractivity contribution in [2.24, 2.45) is 0 Å². The summed E-state index contributed by atoms with van der Waals surface area (Å²) in [6.45, 7) is 0. The number of benzene rings is 1. The zero-order valence-corrected chi connectivity index (χ0v) is 11.1. The molecule has 0 fully saturated rings. The van der Waals surface area contributed by atoms with E-state index in [9.17, 15) is 0 Å². The summed E-state index contributed by atoms with van der Waals surface area (Å²) in [4.78, 5) is 0. The molecule has 1 nitrogen and oxygen atoms in total. The molecule has 0 aliphatic carbocycles. The fourth-order valence-corrected chi connectivity index (χ4v) is 4.04. The Morgan fingerprint density at radius 2 is 1.89 bits per heavy atom. The third kappa shape index (κ3) is 2.65. The van der Waals surface area contributed by atoms with Crippen molar-refractivity contribution in [3.8, 4) is 0 Å². The van der Waals surface area contributed by atoms with Gasteiger partial charge in [-0.25, -0.2) is 0 Å². The minimum absolute atomic E-state index is 1.30. The monoisotopic (exact) mass is 330 g/mol. The van der Waals surface area contributed by atoms with Crippen LogP contribution >= 0.6 is 11.9 Å². The molecule has 44 valence electrons. The molecule has 0 heterocycles. The predicted molar refractivity (Wildman–Crippen MR) is 33.0 cm³/mol. The van der Waals surface area contributed by atoms with Crippen molar-refractivity contribution in [3.05, 3.63) is 30.3 Å². The van der Waals surface area contributed by atoms with Crippen molar-refractivity contribution in [1.29, 1.82) is 0 Å². The Labute approximate surface area is 72.2 Å². The zero-order chi connectivity index (χ0) is 6.53. The first-order valence-corrected chi connectivity index (χ1v) is 8.01. The molecule has 1 rings (SSSR count). The van der Waals surface area contributed by atoms with Crippen molar-refractivity contribution in [2.45, 2.75) is 0 Å². The Balaban J connectivity index is 2.61. The molecular weight excluding hydrogens is 324 g/mol. The van der Waals surface area contributed by atoms with Gasteiger partial charge in [-0.1, -0.05) is 0 Å². The van der Waals surface area contributed by atoms with Crippen LogP contribution in [0.5, 0.6) is 0 Å². The Morgan fingerprint density at radius 1 is 1.22 bits per heavy atom. The van der Waals surface area contributed by atoms with E-state index in [1.165, 1.54) is 3.07 Å². The van der Waals surface area contributed by atoms with Crippen LogP contribution in [0.15, 0.2) is 30.3 Å². The molecule has 1 aromatic carbocycles. The van der Waals surface area contributed by atoms with Gasteiger partial charge in [0.2, 0.25) is 0 Å². The fourth-order valence-electron chi connectivity index (χ4n) is 0.637. The summed E-state index contributed by atoms with van der Waals surface area (Å²) in [7, 11) is 0. The van der Waals surface area contributed by atoms with Crippen LogP contribution in [0.4, 0.5) is 0 Å². The van der Waals surface area contributed by atoms with Crippen molar-refractivity contribution in [1.82, 2.24) is 0 Å². The maximum atomic E-state index is 5.13. The Morgan fingerprint density at radius 3 is 2.44 bits per heavy atom. The van der Waals surface area contributed by atoms with Crippen molar-refractivity contribution < 1.29 is 27.2 Å². The summed E-state index contributed by atoms with van der Waals surface area (Å²) in [6, 6.07) is 10.1. The van der Waals surface area contributed by atoms with Crippen LogP contribution in [0.1, 0.15) is 0 Å². The molecule has 0 aliphatic rings. The van der Waals surface area contributed by atoms with Gasteiger partial charge in [-0.15, -0.1) is 0 Å². The average Bonchev–Trinajstić information content (AvgIpc) is 1.91. The summed E-state index contributed by atoms with van der Waals surface area (Å²) < 4.78 is 5.93. The number of rotatable bonds is 2. The molecule has 3 heteroatoms. The van der Waals surface area contributed by atoms with E-state index in [0.717, 1.165) is 0 Å². The molecule has 0 aliphatic heterocycles. The second-order valence-corrected chi connectivity index (χ2v) is 8.80. The van der Waals surface area contributed by atoms with Crippen LogP contribution < -0.4 is 3.07 Å². The van der Waals surface area contributed by atoms with E-state index in [1.807, 2.05) is 18.2 Å². The third-order valence-corrected chi connectivity index (χ3v) is 5.57. The molecule has 9 heavy (non-hydrogen) atoms. The predicted octanol–water partition coefficient (Wildman–Crippen LogP) is 1.48. The van der Waals surface area contributed by atoms with E-state index in [0.29, 0.717) is 0 Å². The molecule has 0 aromatic heterocycles. The van der Waals surface area contributed by atoms with E-state index < -0.39 is 25.0 Å². The molecule has 1 aromatic rings. The van der Waals surface area contributed by atoms with Crippen LogP contribution in [-0.4, -0.2) is 0 Å². The van der Waals surface area contributed by atoms with E-state index in [-0.39, 0.29) is 0 Å². The Bertz CT molecular complexity index is 166. The van der Waals surface area contributed by atoms with E-state index in [4.69, 9.17) is 11.9 Å². The van der Waals surface area contributed by atoms with Crippen LogP contribution in [0.2, 0.25) is 0 Å². The fraction of sp³-hybridized carbons (Fsp3) is 0. The first-order chi connectivity index (χ1) is 4.43. The molecule has 0 bridgehead atoms. The first-order valence-electron chi connectivity index (χ1n) is 2.71. The first kappa shape index (κ1) is 7.51. The van der Waals surface area contributed by atoms with Gasteiger partial charge in [0, 0.05) is 0 Å². The third-order valence-electron chi connectivity index (χ3n) is 1.06. The Hall–Kier alpha value is 0.405. The van der Waals surface area contributed by atoms with Gasteiger partial charge in [0.1, 0.15) is 0 Å². The van der Waals surface area contributed by atoms with Gasteiger partial charge >= 0.3 is 72.5 Å². The molecule has 0 saturated carbocycles. The van der Waals surface area contributed by atoms with Gasteiger partial charge in [-0.2, -0.15) is 0 Å². The molecule has 0 spiro atoms. The number of hydrogen-bond donors (Lipinski definition) is 0. The summed E-state index contributed by atoms with van der Waals surface area (Å²) in [6.07, 6.45) is 0. The number of hydrogen-bond acceptors (Lipinski definition) is 1. The molecule has 0 amide bonds. The summed E-state index contributed by atoms with van der Waals surface area (Å²) >= 11 is 3.83. The maximum absolute atomic E-state index is 5.13. The topological polar surface area (TPSA) is 9.23 Å². The molecule has 0 unspecified atom stereocenters. The quantitative estimate of drug-likeness (QED) is 0.747. The summed E-state index contributed by atoms with van der Waals surface area (Å²) in [5, 5.41) is 0. The van der Waals surface area contributed by atoms with Gasteiger partial charge in [-0.3, -0.25) is 0 Å². The van der Waals surface area contributed by atoms with Crippen molar-refractivity contribution >= 4 is 14.9 Å². The van der Waals surface area contributed by atoms with Gasteiger partial charge < -0.3 is 0 Å². The van der Waals surface area contributed by atoms with Gasteiger partial charge in [0.15, 0.2) is 0 Å². The number of halogens is 1.